The molecule has 196 valence electrons. The van der Waals surface area contributed by atoms with Gasteiger partial charge in [0, 0.05) is 36.0 Å². The number of para-hydroxylation sites is 1. The zero-order chi connectivity index (χ0) is 26.6. The van der Waals surface area contributed by atoms with Crippen molar-refractivity contribution >= 4 is 16.8 Å². The fourth-order valence-electron chi connectivity index (χ4n) is 5.58. The highest BCUT2D eigenvalue weighted by Crippen LogP contribution is 2.40. The van der Waals surface area contributed by atoms with Gasteiger partial charge in [0.1, 0.15) is 0 Å². The third-order valence-electron chi connectivity index (χ3n) is 7.54. The van der Waals surface area contributed by atoms with Gasteiger partial charge in [-0.15, -0.1) is 0 Å². The van der Waals surface area contributed by atoms with Crippen molar-refractivity contribution in [3.05, 3.63) is 132 Å². The summed E-state index contributed by atoms with van der Waals surface area (Å²) in [5.41, 5.74) is 5.63. The molecule has 1 aliphatic heterocycles. The highest BCUT2D eigenvalue weighted by molar-refractivity contribution is 5.87. The fourth-order valence-corrected chi connectivity index (χ4v) is 5.58. The number of aryl methyl sites for hydroxylation is 1. The average Bonchev–Trinajstić information content (AvgIpc) is 3.61. The van der Waals surface area contributed by atoms with Gasteiger partial charge in [0.15, 0.2) is 11.5 Å². The molecule has 2 heterocycles. The van der Waals surface area contributed by atoms with E-state index in [-0.39, 0.29) is 24.7 Å². The summed E-state index contributed by atoms with van der Waals surface area (Å²) in [6.45, 7) is 3.22. The third-order valence-corrected chi connectivity index (χ3v) is 7.54. The van der Waals surface area contributed by atoms with Gasteiger partial charge in [-0.1, -0.05) is 84.9 Å². The van der Waals surface area contributed by atoms with E-state index in [4.69, 9.17) is 9.47 Å². The summed E-state index contributed by atoms with van der Waals surface area (Å²) in [5.74, 6) is 1.33. The number of hydrogen-bond acceptors (Lipinski definition) is 3. The molecule has 6 rings (SSSR count). The third kappa shape index (κ3) is 5.26. The van der Waals surface area contributed by atoms with Crippen molar-refractivity contribution in [2.75, 3.05) is 6.79 Å². The predicted molar refractivity (Wildman–Crippen MR) is 154 cm³/mol. The number of benzene rings is 4. The largest absolute Gasteiger partial charge is 0.454 e. The van der Waals surface area contributed by atoms with Gasteiger partial charge >= 0.3 is 0 Å². The maximum absolute atomic E-state index is 13.8. The van der Waals surface area contributed by atoms with Gasteiger partial charge in [-0.25, -0.2) is 0 Å². The van der Waals surface area contributed by atoms with E-state index in [0.29, 0.717) is 6.42 Å². The van der Waals surface area contributed by atoms with Crippen LogP contribution in [0.1, 0.15) is 47.6 Å². The van der Waals surface area contributed by atoms with Crippen molar-refractivity contribution in [3.63, 3.8) is 0 Å². The van der Waals surface area contributed by atoms with E-state index in [1.807, 2.05) is 48.5 Å². The first-order valence-corrected chi connectivity index (χ1v) is 13.5. The average molecular weight is 517 g/mol. The van der Waals surface area contributed by atoms with E-state index < -0.39 is 0 Å². The Bertz CT molecular complexity index is 1580. The fraction of sp³-hybridized carbons (Fsp3) is 0.206. The van der Waals surface area contributed by atoms with Crippen LogP contribution in [0.2, 0.25) is 0 Å². The molecular formula is C34H32N2O3. The molecule has 0 unspecified atom stereocenters. The summed E-state index contributed by atoms with van der Waals surface area (Å²) in [4.78, 5) is 13.8. The van der Waals surface area contributed by atoms with E-state index >= 15 is 0 Å². The normalized spacial score (nSPS) is 13.8. The second kappa shape index (κ2) is 11.1. The highest BCUT2D eigenvalue weighted by atomic mass is 16.7. The Balaban J connectivity index is 1.35. The molecule has 0 spiro atoms. The molecule has 0 radical (unpaired) electrons. The van der Waals surface area contributed by atoms with Gasteiger partial charge in [0.05, 0.1) is 6.04 Å². The molecule has 1 amide bonds. The first-order chi connectivity index (χ1) is 19.2. The molecule has 1 aromatic heterocycles. The summed E-state index contributed by atoms with van der Waals surface area (Å²) in [6, 6.07) is 34.8. The Morgan fingerprint density at radius 2 is 1.56 bits per heavy atom. The van der Waals surface area contributed by atoms with Gasteiger partial charge in [0.2, 0.25) is 12.7 Å². The number of rotatable bonds is 9. The lowest BCUT2D eigenvalue weighted by molar-refractivity contribution is -0.122. The van der Waals surface area contributed by atoms with Crippen LogP contribution in [-0.4, -0.2) is 17.3 Å². The van der Waals surface area contributed by atoms with Crippen molar-refractivity contribution in [3.8, 4) is 11.5 Å². The van der Waals surface area contributed by atoms with E-state index in [1.54, 1.807) is 0 Å². The van der Waals surface area contributed by atoms with Crippen molar-refractivity contribution in [1.82, 2.24) is 9.88 Å². The summed E-state index contributed by atoms with van der Waals surface area (Å²) in [7, 11) is 0. The molecule has 0 aliphatic carbocycles. The second-order valence-electron chi connectivity index (χ2n) is 9.98. The number of aromatic nitrogens is 1. The topological polar surface area (TPSA) is 52.5 Å². The Morgan fingerprint density at radius 1 is 0.846 bits per heavy atom. The second-order valence-corrected chi connectivity index (χ2v) is 9.98. The number of amides is 1. The van der Waals surface area contributed by atoms with Gasteiger partial charge < -0.3 is 19.4 Å². The standard InChI is InChI=1S/C34H32N2O3/c1-2-36-22-29(27-15-9-10-16-31(27)36)28(26-17-18-32-33(20-26)39-23-38-32)21-34(37)35-30(25-13-7-4-8-14-25)19-24-11-5-3-6-12-24/h3-18,20,22,28,30H,2,19,21,23H2,1H3,(H,35,37)/t28-,30+/m0/s1. The maximum Gasteiger partial charge on any atom is 0.231 e. The molecule has 0 fully saturated rings. The highest BCUT2D eigenvalue weighted by Gasteiger charge is 2.26. The van der Waals surface area contributed by atoms with Crippen molar-refractivity contribution < 1.29 is 14.3 Å². The molecule has 5 aromatic rings. The van der Waals surface area contributed by atoms with Crippen LogP contribution < -0.4 is 14.8 Å². The minimum Gasteiger partial charge on any atom is -0.454 e. The number of nitrogens with one attached hydrogen (secondary N) is 1. The molecule has 5 heteroatoms. The molecule has 0 bridgehead atoms. The molecule has 5 nitrogen and oxygen atoms in total. The van der Waals surface area contributed by atoms with Crippen molar-refractivity contribution in [1.29, 1.82) is 0 Å². The van der Waals surface area contributed by atoms with Gasteiger partial charge in [0.25, 0.3) is 0 Å². The molecule has 1 aliphatic rings. The van der Waals surface area contributed by atoms with Crippen LogP contribution in [0.4, 0.5) is 0 Å². The predicted octanol–water partition coefficient (Wildman–Crippen LogP) is 7.01. The van der Waals surface area contributed by atoms with Crippen LogP contribution in [0.25, 0.3) is 10.9 Å². The first-order valence-electron chi connectivity index (χ1n) is 13.5. The lowest BCUT2D eigenvalue weighted by Gasteiger charge is -2.22. The molecule has 0 saturated carbocycles. The summed E-state index contributed by atoms with van der Waals surface area (Å²) >= 11 is 0. The van der Waals surface area contributed by atoms with Gasteiger partial charge in [-0.3, -0.25) is 4.79 Å². The minimum absolute atomic E-state index is 0.00998. The molecule has 0 saturated heterocycles. The summed E-state index contributed by atoms with van der Waals surface area (Å²) in [5, 5.41) is 4.54. The number of nitrogens with zero attached hydrogens (tertiary/aromatic N) is 1. The molecule has 4 aromatic carbocycles. The summed E-state index contributed by atoms with van der Waals surface area (Å²) in [6.07, 6.45) is 3.24. The monoisotopic (exact) mass is 516 g/mol. The van der Waals surface area contributed by atoms with E-state index in [2.05, 4.69) is 77.6 Å². The van der Waals surface area contributed by atoms with Gasteiger partial charge in [-0.2, -0.15) is 0 Å². The van der Waals surface area contributed by atoms with Crippen molar-refractivity contribution in [2.45, 2.75) is 38.3 Å². The lowest BCUT2D eigenvalue weighted by atomic mass is 9.87. The number of fused-ring (bicyclic) bond motifs is 2. The van der Waals surface area contributed by atoms with Crippen LogP contribution >= 0.6 is 0 Å². The minimum atomic E-state index is -0.148. The first kappa shape index (κ1) is 24.8. The maximum atomic E-state index is 13.8. The Kier molecular flexibility index (Phi) is 7.05. The molecule has 1 N–H and O–H groups in total. The Hall–Kier alpha value is -4.51. The van der Waals surface area contributed by atoms with Crippen LogP contribution in [0.3, 0.4) is 0 Å². The number of carbonyl (C=O) groups is 1. The van der Waals surface area contributed by atoms with Crippen LogP contribution in [-0.2, 0) is 17.8 Å². The van der Waals surface area contributed by atoms with Crippen LogP contribution in [0.5, 0.6) is 11.5 Å². The molecule has 39 heavy (non-hydrogen) atoms. The van der Waals surface area contributed by atoms with Crippen LogP contribution in [0.15, 0.2) is 109 Å². The smallest absolute Gasteiger partial charge is 0.231 e. The van der Waals surface area contributed by atoms with E-state index in [1.165, 1.54) is 16.5 Å². The quantitative estimate of drug-likeness (QED) is 0.229. The van der Waals surface area contributed by atoms with Crippen LogP contribution in [0, 0.1) is 0 Å². The molecular weight excluding hydrogens is 484 g/mol. The van der Waals surface area contributed by atoms with E-state index in [9.17, 15) is 4.79 Å². The Labute approximate surface area is 229 Å². The van der Waals surface area contributed by atoms with Crippen molar-refractivity contribution in [2.24, 2.45) is 0 Å². The Morgan fingerprint density at radius 3 is 2.36 bits per heavy atom. The number of ether oxygens (including phenoxy) is 2. The lowest BCUT2D eigenvalue weighted by Crippen LogP contribution is -2.31. The zero-order valence-electron chi connectivity index (χ0n) is 22.0. The van der Waals surface area contributed by atoms with Gasteiger partial charge in [-0.05, 0) is 53.8 Å². The SMILES string of the molecule is CCn1cc([C@@H](CC(=O)N[C@H](Cc2ccccc2)c2ccccc2)c2ccc3c(c2)OCO3)c2ccccc21. The summed E-state index contributed by atoms with van der Waals surface area (Å²) < 4.78 is 13.5. The number of hydrogen-bond donors (Lipinski definition) is 1. The number of carbonyl (C=O) groups excluding carboxylic acids is 1. The molecule has 2 atom stereocenters. The zero-order valence-corrected chi connectivity index (χ0v) is 22.0. The van der Waals surface area contributed by atoms with E-state index in [0.717, 1.165) is 41.2 Å².